The first-order valence-corrected chi connectivity index (χ1v) is 17.3. The summed E-state index contributed by atoms with van der Waals surface area (Å²) in [5, 5.41) is 24.2. The number of hydrogen-bond donors (Lipinski definition) is 4. The highest BCUT2D eigenvalue weighted by Gasteiger charge is 2.57. The molecule has 0 spiro atoms. The monoisotopic (exact) mass is 793 g/mol. The van der Waals surface area contributed by atoms with Gasteiger partial charge in [-0.3, -0.25) is 14.1 Å². The number of carbonyl (C=O) groups excluding carboxylic acids is 3. The van der Waals surface area contributed by atoms with E-state index in [1.165, 1.54) is 19.2 Å². The first kappa shape index (κ1) is 42.2. The Labute approximate surface area is 303 Å². The van der Waals surface area contributed by atoms with E-state index in [9.17, 15) is 41.1 Å². The lowest BCUT2D eigenvalue weighted by Crippen LogP contribution is -2.68. The van der Waals surface area contributed by atoms with Crippen molar-refractivity contribution in [1.82, 2.24) is 14.7 Å². The fourth-order valence-electron chi connectivity index (χ4n) is 4.71. The van der Waals surface area contributed by atoms with Crippen LogP contribution in [0.25, 0.3) is 11.3 Å². The van der Waals surface area contributed by atoms with Crippen molar-refractivity contribution in [2.24, 2.45) is 23.9 Å². The number of aromatic nitrogens is 3. The summed E-state index contributed by atoms with van der Waals surface area (Å²) in [5.41, 5.74) is 11.4. The van der Waals surface area contributed by atoms with Crippen LogP contribution in [0.15, 0.2) is 47.1 Å². The molecule has 0 bridgehead atoms. The number of aryl methyl sites for hydroxylation is 1. The van der Waals surface area contributed by atoms with Gasteiger partial charge in [0.1, 0.15) is 29.7 Å². The van der Waals surface area contributed by atoms with E-state index in [4.69, 9.17) is 35.5 Å². The summed E-state index contributed by atoms with van der Waals surface area (Å²) in [6.07, 6.45) is -4.54. The largest absolute Gasteiger partial charge is 0.542 e. The summed E-state index contributed by atoms with van der Waals surface area (Å²) in [6, 6.07) is 8.96. The van der Waals surface area contributed by atoms with E-state index in [-0.39, 0.29) is 10.8 Å². The standard InChI is InChI=1S/C27H33N7O10S2.C2HF3O2/c1-27(2)18(24(36)34(27)44-46(39,40)41)13-21(35)23(19-15-45-26(29)30-19)31-43-22(25(37)38)14-42-17-7-5-16(6-8-17)20-9-12-33(32(20)3)11-4-10-28;3-2(4,5)1(6)7/h5-9,12,15,18,22H,4,10-11,13-14,28H2,1-3H3,(H3-,29,30,37,38,39,40,41);(H,6,7)/b31-23-;/t18-,22+;/m1./s1. The molecule has 2 aromatic heterocycles. The van der Waals surface area contributed by atoms with Gasteiger partial charge in [-0.2, -0.15) is 31.3 Å². The number of nitrogens with zero attached hydrogens (tertiary/aromatic N) is 5. The number of aliphatic carboxylic acids is 2. The van der Waals surface area contributed by atoms with Crippen LogP contribution in [0.1, 0.15) is 32.4 Å². The van der Waals surface area contributed by atoms with Crippen LogP contribution in [0, 0.1) is 5.92 Å². The van der Waals surface area contributed by atoms with E-state index in [1.54, 1.807) is 12.1 Å². The number of benzene rings is 1. The molecule has 3 heterocycles. The van der Waals surface area contributed by atoms with Crippen molar-refractivity contribution in [3.8, 4) is 17.0 Å². The average molecular weight is 794 g/mol. The third-order valence-electron chi connectivity index (χ3n) is 7.52. The first-order valence-electron chi connectivity index (χ1n) is 15.1. The molecule has 1 aliphatic heterocycles. The molecule has 19 nitrogen and oxygen atoms in total. The van der Waals surface area contributed by atoms with Gasteiger partial charge in [-0.15, -0.1) is 20.3 Å². The van der Waals surface area contributed by atoms with E-state index in [0.29, 0.717) is 17.4 Å². The second-order valence-corrected chi connectivity index (χ2v) is 13.5. The summed E-state index contributed by atoms with van der Waals surface area (Å²) in [6.45, 7) is 3.74. The number of alkyl halides is 3. The van der Waals surface area contributed by atoms with Crippen LogP contribution >= 0.6 is 11.3 Å². The van der Waals surface area contributed by atoms with Gasteiger partial charge < -0.3 is 36.0 Å². The number of hydroxylamine groups is 2. The average Bonchev–Trinajstić information content (AvgIpc) is 3.66. The Bertz CT molecular complexity index is 1950. The van der Waals surface area contributed by atoms with Crippen LogP contribution < -0.4 is 26.0 Å². The Morgan fingerprint density at radius 1 is 1.21 bits per heavy atom. The zero-order chi connectivity index (χ0) is 39.9. The molecule has 4 rings (SSSR count). The Balaban J connectivity index is 0.000000980. The van der Waals surface area contributed by atoms with Crippen molar-refractivity contribution >= 4 is 56.2 Å². The number of amides is 1. The van der Waals surface area contributed by atoms with Gasteiger partial charge in [0, 0.05) is 29.9 Å². The van der Waals surface area contributed by atoms with Gasteiger partial charge in [0.2, 0.25) is 0 Å². The third kappa shape index (κ3) is 11.2. The molecule has 1 aromatic carbocycles. The van der Waals surface area contributed by atoms with Gasteiger partial charge >= 0.3 is 22.5 Å². The molecule has 290 valence electrons. The third-order valence-corrected chi connectivity index (χ3v) is 8.53. The molecule has 0 radical (unpaired) electrons. The van der Waals surface area contributed by atoms with Crippen molar-refractivity contribution in [3.63, 3.8) is 0 Å². The zero-order valence-corrected chi connectivity index (χ0v) is 29.7. The second-order valence-electron chi connectivity index (χ2n) is 11.6. The maximum Gasteiger partial charge on any atom is 0.430 e. The smallest absolute Gasteiger partial charge is 0.430 e. The van der Waals surface area contributed by atoms with E-state index < -0.39 is 76.5 Å². The van der Waals surface area contributed by atoms with Crippen molar-refractivity contribution in [1.29, 1.82) is 0 Å². The highest BCUT2D eigenvalue weighted by Crippen LogP contribution is 2.40. The van der Waals surface area contributed by atoms with Gasteiger partial charge in [-0.25, -0.2) is 9.78 Å². The summed E-state index contributed by atoms with van der Waals surface area (Å²) < 4.78 is 76.7. The summed E-state index contributed by atoms with van der Waals surface area (Å²) in [4.78, 5) is 55.9. The van der Waals surface area contributed by atoms with Crippen LogP contribution in [0.5, 0.6) is 5.75 Å². The highest BCUT2D eigenvalue weighted by molar-refractivity contribution is 7.80. The van der Waals surface area contributed by atoms with Crippen LogP contribution in [-0.4, -0.2) is 93.1 Å². The Kier molecular flexibility index (Phi) is 13.6. The highest BCUT2D eigenvalue weighted by atomic mass is 32.3. The van der Waals surface area contributed by atoms with Crippen molar-refractivity contribution in [3.05, 3.63) is 47.6 Å². The number of halogens is 3. The minimum absolute atomic E-state index is 0.0196. The minimum atomic E-state index is -5.19. The van der Waals surface area contributed by atoms with Gasteiger partial charge in [0.25, 0.3) is 12.0 Å². The maximum atomic E-state index is 13.3. The summed E-state index contributed by atoms with van der Waals surface area (Å²) in [5.74, 6) is -6.80. The normalized spacial score (nSPS) is 16.2. The predicted octanol–water partition coefficient (Wildman–Crippen LogP) is -0.151. The number of rotatable bonds is 16. The molecule has 1 amide bonds. The van der Waals surface area contributed by atoms with E-state index >= 15 is 0 Å². The van der Waals surface area contributed by atoms with Crippen molar-refractivity contribution < 1.29 is 74.1 Å². The molecule has 6 N–H and O–H groups in total. The fraction of sp³-hybridized carbons (Fsp3) is 0.414. The van der Waals surface area contributed by atoms with E-state index in [2.05, 4.69) is 14.4 Å². The van der Waals surface area contributed by atoms with Crippen LogP contribution in [0.4, 0.5) is 18.3 Å². The molecule has 53 heavy (non-hydrogen) atoms. The molecule has 24 heteroatoms. The molecule has 2 atom stereocenters. The summed E-state index contributed by atoms with van der Waals surface area (Å²) >= 11 is 0.988. The van der Waals surface area contributed by atoms with Gasteiger partial charge in [0.15, 0.2) is 29.4 Å². The lowest BCUT2D eigenvalue weighted by atomic mass is 9.74. The lowest BCUT2D eigenvalue weighted by molar-refractivity contribution is -0.772. The van der Waals surface area contributed by atoms with Crippen molar-refractivity contribution in [2.75, 3.05) is 18.9 Å². The lowest BCUT2D eigenvalue weighted by Gasteiger charge is -2.50. The molecule has 1 fully saturated rings. The number of hydrogen-bond acceptors (Lipinski definition) is 15. The van der Waals surface area contributed by atoms with Crippen LogP contribution in [-0.2, 0) is 52.3 Å². The van der Waals surface area contributed by atoms with Gasteiger partial charge in [-0.05, 0) is 44.7 Å². The minimum Gasteiger partial charge on any atom is -0.542 e. The number of Topliss-reactive ketones (excluding diaryl/α,β-unsaturated/α-hetero) is 1. The topological polar surface area (TPSA) is 283 Å². The number of oxime groups is 1. The van der Waals surface area contributed by atoms with Crippen LogP contribution in [0.3, 0.4) is 0 Å². The number of carbonyl (C=O) groups is 4. The van der Waals surface area contributed by atoms with E-state index in [0.717, 1.165) is 35.6 Å². The molecule has 3 aromatic rings. The molecular weight excluding hydrogens is 759 g/mol. The molecule has 1 saturated heterocycles. The number of nitrogen functional groups attached to an aromatic ring is 1. The maximum absolute atomic E-state index is 13.3. The number of carboxylic acid groups (broad SMARTS) is 2. The number of carboxylic acids is 2. The Hall–Kier alpha value is -5.17. The Morgan fingerprint density at radius 2 is 1.83 bits per heavy atom. The van der Waals surface area contributed by atoms with Crippen LogP contribution in [0.2, 0.25) is 0 Å². The van der Waals surface area contributed by atoms with Gasteiger partial charge in [-0.1, -0.05) is 5.16 Å². The number of ketones is 1. The summed E-state index contributed by atoms with van der Waals surface area (Å²) in [7, 11) is -3.05. The van der Waals surface area contributed by atoms with Crippen molar-refractivity contribution in [2.45, 2.75) is 51.1 Å². The molecular formula is C29H34F3N7O12S2. The number of ether oxygens (including phenoxy) is 1. The molecule has 0 aliphatic carbocycles. The number of nitrogens with two attached hydrogens (primary N) is 2. The fourth-order valence-corrected chi connectivity index (χ4v) is 5.71. The molecule has 0 saturated carbocycles. The number of anilines is 1. The number of β-lactam (4-membered cyclic amide) rings is 1. The van der Waals surface area contributed by atoms with Gasteiger partial charge in [0.05, 0.1) is 18.5 Å². The number of thiazole rings is 1. The SMILES string of the molecule is Cn1c(-c2ccc(OC[C@H](O/N=C(\C(=O)C[C@@H]3C(=O)N(OS(=O)(=O)O)C3(C)C)c3csc(N)n3)C(=O)O)cc2)cc[n+]1CCCN.O=C([O-])C(F)(F)F. The molecule has 0 unspecified atom stereocenters. The zero-order valence-electron chi connectivity index (χ0n) is 28.0. The quantitative estimate of drug-likeness (QED) is 0.0482. The molecule has 1 aliphatic rings. The van der Waals surface area contributed by atoms with E-state index in [1.807, 2.05) is 40.8 Å². The predicted molar refractivity (Wildman–Crippen MR) is 174 cm³/mol. The second kappa shape index (κ2) is 17.1. The Morgan fingerprint density at radius 3 is 2.32 bits per heavy atom. The first-order chi connectivity index (χ1) is 24.6.